The van der Waals surface area contributed by atoms with Gasteiger partial charge in [0.25, 0.3) is 0 Å². The molecule has 1 atom stereocenters. The van der Waals surface area contributed by atoms with E-state index in [1.165, 1.54) is 19.3 Å². The zero-order valence-corrected chi connectivity index (χ0v) is 7.85. The van der Waals surface area contributed by atoms with Gasteiger partial charge in [0.05, 0.1) is 0 Å². The van der Waals surface area contributed by atoms with Crippen LogP contribution in [0.15, 0.2) is 0 Å². The fourth-order valence-corrected chi connectivity index (χ4v) is 1.16. The Labute approximate surface area is 66.6 Å². The van der Waals surface area contributed by atoms with Gasteiger partial charge in [0.1, 0.15) is 7.28 Å². The fourth-order valence-electron chi connectivity index (χ4n) is 1.16. The van der Waals surface area contributed by atoms with E-state index >= 15 is 0 Å². The average Bonchev–Trinajstić information content (AvgIpc) is 1.99. The van der Waals surface area contributed by atoms with Gasteiger partial charge in [-0.15, -0.1) is 0 Å². The largest absolute Gasteiger partial charge is 0.117 e. The molecule has 0 aromatic heterocycles. The summed E-state index contributed by atoms with van der Waals surface area (Å²) < 4.78 is 0. The summed E-state index contributed by atoms with van der Waals surface area (Å²) in [7, 11) is 2.50. The quantitative estimate of drug-likeness (QED) is 0.511. The van der Waals surface area contributed by atoms with Gasteiger partial charge in [-0.3, -0.25) is 0 Å². The predicted octanol–water partition coefficient (Wildman–Crippen LogP) is 3.52. The second-order valence-electron chi connectivity index (χ2n) is 3.15. The van der Waals surface area contributed by atoms with Crippen molar-refractivity contribution in [1.82, 2.24) is 0 Å². The molecule has 0 heterocycles. The highest BCUT2D eigenvalue weighted by Gasteiger charge is 2.09. The monoisotopic (exact) mass is 139 g/mol. The molecule has 0 nitrogen and oxygen atoms in total. The van der Waals surface area contributed by atoms with Gasteiger partial charge in [-0.1, -0.05) is 58.6 Å². The average molecular weight is 139 g/mol. The van der Waals surface area contributed by atoms with Crippen molar-refractivity contribution in [2.45, 2.75) is 58.6 Å². The van der Waals surface area contributed by atoms with Crippen LogP contribution in [0, 0.1) is 0 Å². The molecule has 0 N–H and O–H groups in total. The standard InChI is InChI=1S/C9H20B/c1-5-8(4)10-9(6-2)7-3/h8-9H,5-7H2,1-4H3/t8-/m0/s1. The van der Waals surface area contributed by atoms with E-state index in [-0.39, 0.29) is 0 Å². The Bertz CT molecular complexity index is 67.1. The van der Waals surface area contributed by atoms with Crippen LogP contribution in [0.4, 0.5) is 0 Å². The van der Waals surface area contributed by atoms with Crippen molar-refractivity contribution < 1.29 is 0 Å². The summed E-state index contributed by atoms with van der Waals surface area (Å²) in [4.78, 5) is 0. The maximum absolute atomic E-state index is 2.50. The topological polar surface area (TPSA) is 0 Å². The highest BCUT2D eigenvalue weighted by Crippen LogP contribution is 2.20. The van der Waals surface area contributed by atoms with E-state index in [2.05, 4.69) is 35.0 Å². The first-order valence-electron chi connectivity index (χ1n) is 4.59. The highest BCUT2D eigenvalue weighted by molar-refractivity contribution is 6.39. The lowest BCUT2D eigenvalue weighted by atomic mass is 9.53. The molecule has 0 aromatic rings. The van der Waals surface area contributed by atoms with Gasteiger partial charge in [-0.2, -0.15) is 0 Å². The molecule has 0 amide bonds. The molecular formula is C9H20B. The van der Waals surface area contributed by atoms with E-state index < -0.39 is 0 Å². The summed E-state index contributed by atoms with van der Waals surface area (Å²) in [5.41, 5.74) is 0. The third-order valence-electron chi connectivity index (χ3n) is 2.29. The Kier molecular flexibility index (Phi) is 5.86. The highest BCUT2D eigenvalue weighted by atomic mass is 14.0. The van der Waals surface area contributed by atoms with E-state index in [0.29, 0.717) is 0 Å². The van der Waals surface area contributed by atoms with Crippen molar-refractivity contribution in [3.8, 4) is 0 Å². The number of rotatable bonds is 5. The summed E-state index contributed by atoms with van der Waals surface area (Å²) in [6, 6.07) is 0. The van der Waals surface area contributed by atoms with E-state index in [1.807, 2.05) is 0 Å². The summed E-state index contributed by atoms with van der Waals surface area (Å²) in [6.45, 7) is 9.10. The molecule has 0 saturated carbocycles. The first-order valence-corrected chi connectivity index (χ1v) is 4.59. The second-order valence-corrected chi connectivity index (χ2v) is 3.15. The molecule has 0 saturated heterocycles. The first kappa shape index (κ1) is 10.1. The van der Waals surface area contributed by atoms with Crippen LogP contribution < -0.4 is 0 Å². The maximum Gasteiger partial charge on any atom is 0.117 e. The Morgan fingerprint density at radius 1 is 1.00 bits per heavy atom. The Morgan fingerprint density at radius 3 is 1.80 bits per heavy atom. The van der Waals surface area contributed by atoms with Gasteiger partial charge >= 0.3 is 0 Å². The third kappa shape index (κ3) is 3.97. The molecule has 0 aromatic carbocycles. The molecule has 0 unspecified atom stereocenters. The van der Waals surface area contributed by atoms with Crippen molar-refractivity contribution in [1.29, 1.82) is 0 Å². The molecule has 0 rings (SSSR count). The van der Waals surface area contributed by atoms with Crippen molar-refractivity contribution in [2.75, 3.05) is 0 Å². The van der Waals surface area contributed by atoms with Crippen LogP contribution in [-0.4, -0.2) is 7.28 Å². The third-order valence-corrected chi connectivity index (χ3v) is 2.29. The van der Waals surface area contributed by atoms with Crippen LogP contribution in [0.25, 0.3) is 0 Å². The predicted molar refractivity (Wildman–Crippen MR) is 49.8 cm³/mol. The lowest BCUT2D eigenvalue weighted by Crippen LogP contribution is -2.06. The first-order chi connectivity index (χ1) is 4.74. The molecule has 10 heavy (non-hydrogen) atoms. The number of hydrogen-bond acceptors (Lipinski definition) is 0. The summed E-state index contributed by atoms with van der Waals surface area (Å²) in [5.74, 6) is 1.67. The van der Waals surface area contributed by atoms with Crippen molar-refractivity contribution in [3.63, 3.8) is 0 Å². The number of hydrogen-bond donors (Lipinski definition) is 0. The zero-order chi connectivity index (χ0) is 7.98. The Morgan fingerprint density at radius 2 is 1.50 bits per heavy atom. The molecule has 1 radical (unpaired) electrons. The molecule has 59 valence electrons. The normalized spacial score (nSPS) is 13.7. The zero-order valence-electron chi connectivity index (χ0n) is 7.85. The molecule has 0 aliphatic rings. The van der Waals surface area contributed by atoms with Gasteiger partial charge in [0.2, 0.25) is 0 Å². The Hall–Kier alpha value is 0.0649. The lowest BCUT2D eigenvalue weighted by molar-refractivity contribution is 0.732. The minimum absolute atomic E-state index is 0.810. The lowest BCUT2D eigenvalue weighted by Gasteiger charge is -2.14. The van der Waals surface area contributed by atoms with Gasteiger partial charge in [-0.05, 0) is 0 Å². The SMILES string of the molecule is CCC([B][C@@H](C)CC)CC. The van der Waals surface area contributed by atoms with Gasteiger partial charge in [0, 0.05) is 0 Å². The maximum atomic E-state index is 2.50. The van der Waals surface area contributed by atoms with Crippen LogP contribution >= 0.6 is 0 Å². The van der Waals surface area contributed by atoms with E-state index in [0.717, 1.165) is 11.6 Å². The van der Waals surface area contributed by atoms with Crippen LogP contribution in [0.3, 0.4) is 0 Å². The van der Waals surface area contributed by atoms with Crippen LogP contribution in [0.2, 0.25) is 11.6 Å². The summed E-state index contributed by atoms with van der Waals surface area (Å²) in [5, 5.41) is 0. The van der Waals surface area contributed by atoms with E-state index in [1.54, 1.807) is 0 Å². The van der Waals surface area contributed by atoms with Crippen molar-refractivity contribution in [2.24, 2.45) is 0 Å². The fraction of sp³-hybridized carbons (Fsp3) is 1.00. The van der Waals surface area contributed by atoms with E-state index in [4.69, 9.17) is 0 Å². The van der Waals surface area contributed by atoms with Gasteiger partial charge in [-0.25, -0.2) is 0 Å². The van der Waals surface area contributed by atoms with Gasteiger partial charge in [0.15, 0.2) is 0 Å². The minimum Gasteiger partial charge on any atom is -0.0716 e. The minimum atomic E-state index is 0.810. The van der Waals surface area contributed by atoms with Crippen molar-refractivity contribution >= 4 is 7.28 Å². The van der Waals surface area contributed by atoms with Gasteiger partial charge < -0.3 is 0 Å². The Balaban J connectivity index is 3.41. The van der Waals surface area contributed by atoms with Crippen LogP contribution in [0.1, 0.15) is 47.0 Å². The molecule has 0 aliphatic carbocycles. The molecular weight excluding hydrogens is 119 g/mol. The molecule has 1 heteroatoms. The van der Waals surface area contributed by atoms with Crippen molar-refractivity contribution in [3.05, 3.63) is 0 Å². The molecule has 0 spiro atoms. The molecule has 0 fully saturated rings. The summed E-state index contributed by atoms with van der Waals surface area (Å²) >= 11 is 0. The van der Waals surface area contributed by atoms with Crippen LogP contribution in [0.5, 0.6) is 0 Å². The molecule has 0 aliphatic heterocycles. The van der Waals surface area contributed by atoms with Crippen LogP contribution in [-0.2, 0) is 0 Å². The van der Waals surface area contributed by atoms with E-state index in [9.17, 15) is 0 Å². The molecule has 0 bridgehead atoms. The summed E-state index contributed by atoms with van der Waals surface area (Å²) in [6.07, 6.45) is 3.90. The smallest absolute Gasteiger partial charge is 0.0716 e. The second kappa shape index (κ2) is 5.82.